The van der Waals surface area contributed by atoms with E-state index in [9.17, 15) is 9.59 Å². The first-order chi connectivity index (χ1) is 17.2. The SMILES string of the molecule is CCOC(=O)C1CCN(C(=O)c2cccc(CSc3nc(N(CC)CC)cc(C(C)(C)C)n3)c2)CC1. The van der Waals surface area contributed by atoms with Gasteiger partial charge in [0.15, 0.2) is 5.16 Å². The summed E-state index contributed by atoms with van der Waals surface area (Å²) in [5.41, 5.74) is 2.68. The number of rotatable bonds is 9. The lowest BCUT2D eigenvalue weighted by Crippen LogP contribution is -2.40. The van der Waals surface area contributed by atoms with Crippen LogP contribution < -0.4 is 4.90 Å². The number of hydrogen-bond donors (Lipinski definition) is 0. The zero-order valence-corrected chi connectivity index (χ0v) is 23.4. The van der Waals surface area contributed by atoms with Gasteiger partial charge in [0.1, 0.15) is 5.82 Å². The second-order valence-corrected chi connectivity index (χ2v) is 11.1. The van der Waals surface area contributed by atoms with Crippen LogP contribution >= 0.6 is 11.8 Å². The van der Waals surface area contributed by atoms with Gasteiger partial charge in [0.05, 0.1) is 18.2 Å². The molecule has 3 rings (SSSR count). The number of anilines is 1. The third-order valence-electron chi connectivity index (χ3n) is 6.49. The average Bonchev–Trinajstić information content (AvgIpc) is 2.87. The summed E-state index contributed by atoms with van der Waals surface area (Å²) in [5, 5.41) is 0.752. The van der Waals surface area contributed by atoms with Crippen LogP contribution in [-0.4, -0.2) is 59.5 Å². The highest BCUT2D eigenvalue weighted by molar-refractivity contribution is 7.98. The first-order valence-corrected chi connectivity index (χ1v) is 14.0. The summed E-state index contributed by atoms with van der Waals surface area (Å²) in [4.78, 5) is 38.9. The number of ether oxygens (including phenoxy) is 1. The summed E-state index contributed by atoms with van der Waals surface area (Å²) < 4.78 is 5.14. The molecule has 1 aliphatic heterocycles. The Bertz CT molecular complexity index is 1040. The van der Waals surface area contributed by atoms with E-state index in [0.717, 1.165) is 35.3 Å². The summed E-state index contributed by atoms with van der Waals surface area (Å²) in [7, 11) is 0. The van der Waals surface area contributed by atoms with Crippen molar-refractivity contribution in [1.82, 2.24) is 14.9 Å². The van der Waals surface area contributed by atoms with Crippen molar-refractivity contribution < 1.29 is 14.3 Å². The molecular formula is C28H40N4O3S. The van der Waals surface area contributed by atoms with Crippen molar-refractivity contribution in [2.75, 3.05) is 37.7 Å². The van der Waals surface area contributed by atoms with Crippen molar-refractivity contribution in [3.63, 3.8) is 0 Å². The van der Waals surface area contributed by atoms with Gasteiger partial charge in [-0.1, -0.05) is 44.7 Å². The maximum Gasteiger partial charge on any atom is 0.309 e. The number of hydrogen-bond acceptors (Lipinski definition) is 7. The van der Waals surface area contributed by atoms with Gasteiger partial charge in [0.25, 0.3) is 5.91 Å². The van der Waals surface area contributed by atoms with Crippen molar-refractivity contribution in [2.24, 2.45) is 5.92 Å². The highest BCUT2D eigenvalue weighted by atomic mass is 32.2. The number of amides is 1. The topological polar surface area (TPSA) is 75.6 Å². The number of likely N-dealkylation sites (tertiary alicyclic amines) is 1. The summed E-state index contributed by atoms with van der Waals surface area (Å²) in [5.74, 6) is 1.39. The molecule has 0 aliphatic carbocycles. The van der Waals surface area contributed by atoms with Crippen LogP contribution in [0.3, 0.4) is 0 Å². The molecule has 0 unspecified atom stereocenters. The minimum absolute atomic E-state index is 0.0129. The van der Waals surface area contributed by atoms with Gasteiger partial charge in [-0.25, -0.2) is 9.97 Å². The Morgan fingerprint density at radius 2 is 1.78 bits per heavy atom. The van der Waals surface area contributed by atoms with E-state index in [4.69, 9.17) is 14.7 Å². The molecular weight excluding hydrogens is 472 g/mol. The molecule has 7 nitrogen and oxygen atoms in total. The Kier molecular flexibility index (Phi) is 9.77. The van der Waals surface area contributed by atoms with Crippen LogP contribution in [0, 0.1) is 5.92 Å². The molecule has 0 atom stereocenters. The number of nitrogens with zero attached hydrogens (tertiary/aromatic N) is 4. The molecule has 1 aromatic carbocycles. The highest BCUT2D eigenvalue weighted by Gasteiger charge is 2.28. The van der Waals surface area contributed by atoms with Gasteiger partial charge >= 0.3 is 5.97 Å². The second-order valence-electron chi connectivity index (χ2n) is 10.1. The molecule has 36 heavy (non-hydrogen) atoms. The van der Waals surface area contributed by atoms with E-state index in [1.807, 2.05) is 36.1 Å². The minimum atomic E-state index is -0.148. The fourth-order valence-electron chi connectivity index (χ4n) is 4.27. The van der Waals surface area contributed by atoms with Gasteiger partial charge in [0.2, 0.25) is 0 Å². The predicted octanol–water partition coefficient (Wildman–Crippen LogP) is 5.33. The molecule has 196 valence electrons. The molecule has 0 N–H and O–H groups in total. The fraction of sp³-hybridized carbons (Fsp3) is 0.571. The Morgan fingerprint density at radius 1 is 1.08 bits per heavy atom. The fourth-order valence-corrected chi connectivity index (χ4v) is 5.07. The number of thioether (sulfide) groups is 1. The van der Waals surface area contributed by atoms with E-state index in [2.05, 4.69) is 45.6 Å². The number of benzene rings is 1. The van der Waals surface area contributed by atoms with Crippen LogP contribution in [0.4, 0.5) is 5.82 Å². The van der Waals surface area contributed by atoms with E-state index in [1.54, 1.807) is 11.8 Å². The molecule has 0 bridgehead atoms. The molecule has 1 aromatic heterocycles. The standard InChI is InChI=1S/C28H40N4O3S/c1-7-31(8-2)24-18-23(28(4,5)6)29-27(30-24)36-19-20-11-10-12-22(17-20)25(33)32-15-13-21(14-16-32)26(34)35-9-3/h10-12,17-18,21H,7-9,13-16,19H2,1-6H3. The Labute approximate surface area is 220 Å². The van der Waals surface area contributed by atoms with Crippen molar-refractivity contribution in [3.8, 4) is 0 Å². The van der Waals surface area contributed by atoms with Gasteiger partial charge in [-0.15, -0.1) is 0 Å². The van der Waals surface area contributed by atoms with E-state index in [-0.39, 0.29) is 23.2 Å². The number of carbonyl (C=O) groups excluding carboxylic acids is 2. The third kappa shape index (κ3) is 7.21. The van der Waals surface area contributed by atoms with Crippen LogP contribution in [0.2, 0.25) is 0 Å². The van der Waals surface area contributed by atoms with Crippen LogP contribution in [0.5, 0.6) is 0 Å². The molecule has 1 fully saturated rings. The summed E-state index contributed by atoms with van der Waals surface area (Å²) in [6, 6.07) is 9.90. The smallest absolute Gasteiger partial charge is 0.309 e. The maximum absolute atomic E-state index is 13.1. The Hall–Kier alpha value is -2.61. The van der Waals surface area contributed by atoms with Crippen LogP contribution in [0.25, 0.3) is 0 Å². The summed E-state index contributed by atoms with van der Waals surface area (Å²) in [6.45, 7) is 15.9. The third-order valence-corrected chi connectivity index (χ3v) is 7.41. The number of esters is 1. The predicted molar refractivity (Wildman–Crippen MR) is 146 cm³/mol. The normalized spacial score (nSPS) is 14.6. The van der Waals surface area contributed by atoms with Crippen LogP contribution in [0.15, 0.2) is 35.5 Å². The maximum atomic E-state index is 13.1. The first kappa shape index (κ1) is 28.0. The highest BCUT2D eigenvalue weighted by Crippen LogP contribution is 2.29. The van der Waals surface area contributed by atoms with Crippen LogP contribution in [-0.2, 0) is 20.7 Å². The number of carbonyl (C=O) groups is 2. The lowest BCUT2D eigenvalue weighted by Gasteiger charge is -2.31. The van der Waals surface area contributed by atoms with Gasteiger partial charge in [0, 0.05) is 49.0 Å². The molecule has 0 saturated carbocycles. The number of piperidine rings is 1. The lowest BCUT2D eigenvalue weighted by atomic mass is 9.92. The molecule has 1 saturated heterocycles. The molecule has 2 aromatic rings. The van der Waals surface area contributed by atoms with Crippen molar-refractivity contribution >= 4 is 29.5 Å². The average molecular weight is 513 g/mol. The van der Waals surface area contributed by atoms with E-state index in [0.29, 0.717) is 43.9 Å². The lowest BCUT2D eigenvalue weighted by molar-refractivity contribution is -0.149. The van der Waals surface area contributed by atoms with Crippen molar-refractivity contribution in [3.05, 3.63) is 47.2 Å². The number of aromatic nitrogens is 2. The molecule has 2 heterocycles. The minimum Gasteiger partial charge on any atom is -0.466 e. The Morgan fingerprint density at radius 3 is 2.39 bits per heavy atom. The largest absolute Gasteiger partial charge is 0.466 e. The molecule has 1 amide bonds. The van der Waals surface area contributed by atoms with E-state index in [1.165, 1.54) is 0 Å². The van der Waals surface area contributed by atoms with Gasteiger partial charge in [-0.2, -0.15) is 0 Å². The second kappa shape index (κ2) is 12.6. The van der Waals surface area contributed by atoms with Gasteiger partial charge in [-0.05, 0) is 51.3 Å². The van der Waals surface area contributed by atoms with E-state index >= 15 is 0 Å². The molecule has 1 aliphatic rings. The summed E-state index contributed by atoms with van der Waals surface area (Å²) >= 11 is 1.60. The first-order valence-electron chi connectivity index (χ1n) is 13.0. The Balaban J connectivity index is 1.69. The zero-order chi connectivity index (χ0) is 26.3. The van der Waals surface area contributed by atoms with Gasteiger partial charge < -0.3 is 14.5 Å². The van der Waals surface area contributed by atoms with E-state index < -0.39 is 0 Å². The monoisotopic (exact) mass is 512 g/mol. The zero-order valence-electron chi connectivity index (χ0n) is 22.5. The van der Waals surface area contributed by atoms with Gasteiger partial charge in [-0.3, -0.25) is 9.59 Å². The van der Waals surface area contributed by atoms with Crippen molar-refractivity contribution in [1.29, 1.82) is 0 Å². The van der Waals surface area contributed by atoms with Crippen molar-refractivity contribution in [2.45, 2.75) is 70.7 Å². The quantitative estimate of drug-likeness (QED) is 0.255. The molecule has 0 spiro atoms. The molecule has 0 radical (unpaired) electrons. The van der Waals surface area contributed by atoms with Crippen LogP contribution in [0.1, 0.15) is 76.0 Å². The molecule has 8 heteroatoms. The summed E-state index contributed by atoms with van der Waals surface area (Å²) in [6.07, 6.45) is 1.30.